The fourth-order valence-electron chi connectivity index (χ4n) is 2.80. The third kappa shape index (κ3) is 4.89. The first kappa shape index (κ1) is 21.6. The average Bonchev–Trinajstić information content (AvgIpc) is 2.71. The van der Waals surface area contributed by atoms with Gasteiger partial charge in [-0.15, -0.1) is 0 Å². The molecule has 1 aliphatic heterocycles. The Morgan fingerprint density at radius 2 is 1.87 bits per heavy atom. The van der Waals surface area contributed by atoms with E-state index in [0.29, 0.717) is 11.3 Å². The molecule has 2 amide bonds. The van der Waals surface area contributed by atoms with Gasteiger partial charge >= 0.3 is 0 Å². The first-order valence-corrected chi connectivity index (χ1v) is 10.6. The second kappa shape index (κ2) is 8.72. The number of nitrogens with zero attached hydrogens (tertiary/aromatic N) is 3. The number of sulfonamides is 1. The molecule has 0 aliphatic carbocycles. The number of carbonyl (C=O) groups is 2. The van der Waals surface area contributed by atoms with Crippen molar-refractivity contribution in [1.82, 2.24) is 9.31 Å². The second-order valence-electron chi connectivity index (χ2n) is 6.89. The number of hydrazone groups is 1. The number of hydrogen-bond donors (Lipinski definition) is 1. The van der Waals surface area contributed by atoms with Crippen molar-refractivity contribution in [3.05, 3.63) is 59.9 Å². The molecule has 0 spiro atoms. The number of benzene rings is 2. The number of rotatable bonds is 6. The van der Waals surface area contributed by atoms with Gasteiger partial charge < -0.3 is 5.32 Å². The predicted octanol–water partition coefficient (Wildman–Crippen LogP) is 2.19. The lowest BCUT2D eigenvalue weighted by atomic mass is 10.1. The Morgan fingerprint density at radius 3 is 2.53 bits per heavy atom. The zero-order chi connectivity index (χ0) is 21.9. The molecule has 2 aromatic rings. The van der Waals surface area contributed by atoms with Crippen molar-refractivity contribution in [1.29, 1.82) is 0 Å². The highest BCUT2D eigenvalue weighted by molar-refractivity contribution is 7.89. The zero-order valence-electron chi connectivity index (χ0n) is 16.5. The van der Waals surface area contributed by atoms with E-state index in [4.69, 9.17) is 0 Å². The number of anilines is 1. The zero-order valence-corrected chi connectivity index (χ0v) is 17.3. The highest BCUT2D eigenvalue weighted by Gasteiger charge is 2.25. The van der Waals surface area contributed by atoms with Crippen LogP contribution in [0.25, 0.3) is 0 Å². The summed E-state index contributed by atoms with van der Waals surface area (Å²) in [6.45, 7) is 0.118. The summed E-state index contributed by atoms with van der Waals surface area (Å²) in [5.74, 6) is -1.15. The molecule has 158 valence electrons. The number of nitrogens with one attached hydrogen (secondary N) is 1. The molecule has 0 unspecified atom stereocenters. The quantitative estimate of drug-likeness (QED) is 0.756. The van der Waals surface area contributed by atoms with E-state index < -0.39 is 15.9 Å². The number of carbonyl (C=O) groups excluding carboxylic acids is 2. The topological polar surface area (TPSA) is 99.2 Å². The van der Waals surface area contributed by atoms with E-state index in [1.54, 1.807) is 18.2 Å². The van der Waals surface area contributed by atoms with E-state index in [9.17, 15) is 22.4 Å². The van der Waals surface area contributed by atoms with E-state index in [1.807, 2.05) is 0 Å². The van der Waals surface area contributed by atoms with Crippen molar-refractivity contribution in [3.8, 4) is 0 Å². The second-order valence-corrected chi connectivity index (χ2v) is 9.05. The van der Waals surface area contributed by atoms with Crippen molar-refractivity contribution >= 4 is 33.2 Å². The van der Waals surface area contributed by atoms with E-state index in [0.717, 1.165) is 4.31 Å². The van der Waals surface area contributed by atoms with Crippen LogP contribution in [-0.4, -0.2) is 49.4 Å². The van der Waals surface area contributed by atoms with Crippen LogP contribution in [0.5, 0.6) is 0 Å². The molecule has 0 saturated carbocycles. The minimum absolute atomic E-state index is 0.0454. The minimum atomic E-state index is -3.64. The van der Waals surface area contributed by atoms with Crippen molar-refractivity contribution in [3.63, 3.8) is 0 Å². The number of hydrogen-bond acceptors (Lipinski definition) is 5. The van der Waals surface area contributed by atoms with Crippen LogP contribution in [0, 0.1) is 5.82 Å². The van der Waals surface area contributed by atoms with Gasteiger partial charge in [-0.05, 0) is 35.9 Å². The summed E-state index contributed by atoms with van der Waals surface area (Å²) < 4.78 is 38.7. The van der Waals surface area contributed by atoms with Crippen LogP contribution in [0.4, 0.5) is 10.1 Å². The molecule has 0 aromatic heterocycles. The van der Waals surface area contributed by atoms with Crippen molar-refractivity contribution < 1.29 is 22.4 Å². The number of halogens is 1. The normalized spacial score (nSPS) is 14.6. The standard InChI is InChI=1S/C20H21FN4O4S/c1-24(2)30(28,29)17-5-3-4-16(12-17)22-20(27)18-10-11-19(26)25(23-18)13-14-6-8-15(21)9-7-14/h3-9,12H,10-11,13H2,1-2H3,(H,22,27). The van der Waals surface area contributed by atoms with E-state index in [1.165, 1.54) is 49.4 Å². The lowest BCUT2D eigenvalue weighted by Gasteiger charge is -2.23. The number of amides is 2. The Balaban J connectivity index is 1.76. The van der Waals surface area contributed by atoms with Gasteiger partial charge in [-0.25, -0.2) is 22.1 Å². The van der Waals surface area contributed by atoms with Gasteiger partial charge in [0.05, 0.1) is 11.4 Å². The van der Waals surface area contributed by atoms with Gasteiger partial charge in [0.2, 0.25) is 15.9 Å². The van der Waals surface area contributed by atoms with Crippen LogP contribution in [0.3, 0.4) is 0 Å². The van der Waals surface area contributed by atoms with Crippen LogP contribution in [0.2, 0.25) is 0 Å². The highest BCUT2D eigenvalue weighted by Crippen LogP contribution is 2.19. The van der Waals surface area contributed by atoms with Crippen LogP contribution in [-0.2, 0) is 26.2 Å². The summed E-state index contributed by atoms with van der Waals surface area (Å²) in [5.41, 5.74) is 1.13. The molecule has 0 saturated heterocycles. The van der Waals surface area contributed by atoms with Gasteiger partial charge in [0.15, 0.2) is 0 Å². The largest absolute Gasteiger partial charge is 0.321 e. The SMILES string of the molecule is CN(C)S(=O)(=O)c1cccc(NC(=O)C2=NN(Cc3ccc(F)cc3)C(=O)CC2)c1. The third-order valence-corrected chi connectivity index (χ3v) is 6.29. The molecule has 1 N–H and O–H groups in total. The van der Waals surface area contributed by atoms with Gasteiger partial charge in [-0.3, -0.25) is 9.59 Å². The first-order valence-electron chi connectivity index (χ1n) is 9.13. The van der Waals surface area contributed by atoms with E-state index in [-0.39, 0.29) is 41.7 Å². The molecule has 3 rings (SSSR count). The average molecular weight is 432 g/mol. The molecule has 0 atom stereocenters. The predicted molar refractivity (Wildman–Crippen MR) is 110 cm³/mol. The molecular weight excluding hydrogens is 411 g/mol. The molecule has 2 aromatic carbocycles. The van der Waals surface area contributed by atoms with Crippen molar-refractivity contribution in [2.24, 2.45) is 5.10 Å². The summed E-state index contributed by atoms with van der Waals surface area (Å²) >= 11 is 0. The fraction of sp³-hybridized carbons (Fsp3) is 0.250. The maximum atomic E-state index is 13.1. The summed E-state index contributed by atoms with van der Waals surface area (Å²) in [5, 5.41) is 7.95. The molecule has 0 radical (unpaired) electrons. The fourth-order valence-corrected chi connectivity index (χ4v) is 3.75. The van der Waals surface area contributed by atoms with Crippen molar-refractivity contribution in [2.45, 2.75) is 24.3 Å². The van der Waals surface area contributed by atoms with Gasteiger partial charge in [-0.2, -0.15) is 5.10 Å². The summed E-state index contributed by atoms with van der Waals surface area (Å²) in [6, 6.07) is 11.6. The maximum Gasteiger partial charge on any atom is 0.271 e. The van der Waals surface area contributed by atoms with Crippen LogP contribution in [0.15, 0.2) is 58.5 Å². The summed E-state index contributed by atoms with van der Waals surface area (Å²) in [4.78, 5) is 24.8. The Bertz CT molecular complexity index is 1100. The van der Waals surface area contributed by atoms with Gasteiger partial charge in [-0.1, -0.05) is 18.2 Å². The Kier molecular flexibility index (Phi) is 6.28. The third-order valence-electron chi connectivity index (χ3n) is 4.48. The molecule has 30 heavy (non-hydrogen) atoms. The van der Waals surface area contributed by atoms with Crippen LogP contribution in [0.1, 0.15) is 18.4 Å². The van der Waals surface area contributed by atoms with Gasteiger partial charge in [0.1, 0.15) is 11.5 Å². The first-order chi connectivity index (χ1) is 14.2. The van der Waals surface area contributed by atoms with E-state index in [2.05, 4.69) is 10.4 Å². The Morgan fingerprint density at radius 1 is 1.17 bits per heavy atom. The molecule has 1 heterocycles. The monoisotopic (exact) mass is 432 g/mol. The molecule has 10 heteroatoms. The molecule has 8 nitrogen and oxygen atoms in total. The van der Waals surface area contributed by atoms with Gasteiger partial charge in [0.25, 0.3) is 5.91 Å². The van der Waals surface area contributed by atoms with Crippen LogP contribution < -0.4 is 5.32 Å². The summed E-state index contributed by atoms with van der Waals surface area (Å²) in [7, 11) is -0.800. The maximum absolute atomic E-state index is 13.1. The lowest BCUT2D eigenvalue weighted by molar-refractivity contribution is -0.132. The summed E-state index contributed by atoms with van der Waals surface area (Å²) in [6.07, 6.45) is 0.281. The molecule has 1 aliphatic rings. The Hall–Kier alpha value is -3.11. The Labute approximate surface area is 174 Å². The van der Waals surface area contributed by atoms with Crippen LogP contribution >= 0.6 is 0 Å². The molecule has 0 bridgehead atoms. The highest BCUT2D eigenvalue weighted by atomic mass is 32.2. The van der Waals surface area contributed by atoms with Gasteiger partial charge in [0, 0.05) is 32.6 Å². The van der Waals surface area contributed by atoms with E-state index >= 15 is 0 Å². The van der Waals surface area contributed by atoms with Crippen molar-refractivity contribution in [2.75, 3.05) is 19.4 Å². The smallest absolute Gasteiger partial charge is 0.271 e. The lowest BCUT2D eigenvalue weighted by Crippen LogP contribution is -2.36. The minimum Gasteiger partial charge on any atom is -0.321 e. The molecular formula is C20H21FN4O4S. The molecule has 0 fully saturated rings.